The molecule has 2 aliphatic rings. The van der Waals surface area contributed by atoms with E-state index in [-0.39, 0.29) is 50.5 Å². The number of hydrogen-bond acceptors (Lipinski definition) is 0. The minimum atomic E-state index is 0. The fourth-order valence-corrected chi connectivity index (χ4v) is 9.40. The van der Waals surface area contributed by atoms with E-state index >= 15 is 0 Å². The molecule has 0 atom stereocenters. The second kappa shape index (κ2) is 21.5. The van der Waals surface area contributed by atoms with Gasteiger partial charge in [-0.15, -0.1) is 93.9 Å². The van der Waals surface area contributed by atoms with Crippen LogP contribution in [-0.2, 0) is 47.0 Å². The summed E-state index contributed by atoms with van der Waals surface area (Å²) >= 11 is 1.36. The third kappa shape index (κ3) is 12.4. The molecular formula is C54H70Cl2SiZr-4. The van der Waals surface area contributed by atoms with Crippen molar-refractivity contribution in [3.05, 3.63) is 146 Å². The average molecular weight is 909 g/mol. The van der Waals surface area contributed by atoms with Crippen LogP contribution in [0.1, 0.15) is 129 Å². The Morgan fingerprint density at radius 2 is 0.828 bits per heavy atom. The van der Waals surface area contributed by atoms with Crippen LogP contribution in [0.3, 0.4) is 0 Å². The third-order valence-electron chi connectivity index (χ3n) is 12.6. The van der Waals surface area contributed by atoms with Gasteiger partial charge in [0.05, 0.1) is 0 Å². The summed E-state index contributed by atoms with van der Waals surface area (Å²) in [7, 11) is 0. The van der Waals surface area contributed by atoms with Crippen molar-refractivity contribution in [2.75, 3.05) is 0 Å². The molecule has 0 heterocycles. The van der Waals surface area contributed by atoms with Gasteiger partial charge >= 0.3 is 30.2 Å². The molecule has 58 heavy (non-hydrogen) atoms. The van der Waals surface area contributed by atoms with Crippen molar-refractivity contribution in [2.45, 2.75) is 130 Å². The van der Waals surface area contributed by atoms with Gasteiger partial charge in [-0.2, -0.15) is 12.1 Å². The molecule has 8 rings (SSSR count). The van der Waals surface area contributed by atoms with Crippen LogP contribution in [0.5, 0.6) is 0 Å². The van der Waals surface area contributed by atoms with Crippen molar-refractivity contribution in [1.29, 1.82) is 0 Å². The molecule has 0 bridgehead atoms. The fraction of sp³-hybridized carbons (Fsp3) is 0.407. The van der Waals surface area contributed by atoms with E-state index in [2.05, 4.69) is 171 Å². The number of halogens is 2. The van der Waals surface area contributed by atoms with Gasteiger partial charge in [0.25, 0.3) is 0 Å². The fourth-order valence-electron chi connectivity index (χ4n) is 9.40. The summed E-state index contributed by atoms with van der Waals surface area (Å²) in [6.45, 7) is 21.7. The molecule has 2 aliphatic carbocycles. The first kappa shape index (κ1) is 51.9. The molecule has 0 aromatic heterocycles. The Balaban J connectivity index is 0.000000360. The van der Waals surface area contributed by atoms with Gasteiger partial charge in [0.2, 0.25) is 0 Å². The summed E-state index contributed by atoms with van der Waals surface area (Å²) in [6.07, 6.45) is 13.6. The maximum atomic E-state index is 3.06. The Bertz CT molecular complexity index is 1990. The van der Waals surface area contributed by atoms with Gasteiger partial charge in [-0.1, -0.05) is 153 Å². The topological polar surface area (TPSA) is 0 Å². The van der Waals surface area contributed by atoms with Gasteiger partial charge in [0.15, 0.2) is 0 Å². The molecule has 0 N–H and O–H groups in total. The van der Waals surface area contributed by atoms with Gasteiger partial charge in [0.1, 0.15) is 0 Å². The predicted octanol–water partition coefficient (Wildman–Crippen LogP) is 16.7. The molecule has 2 fully saturated rings. The van der Waals surface area contributed by atoms with Gasteiger partial charge in [-0.3, -0.25) is 0 Å². The van der Waals surface area contributed by atoms with E-state index < -0.39 is 0 Å². The van der Waals surface area contributed by atoms with Gasteiger partial charge in [-0.05, 0) is 82.4 Å². The SMILES string of the molecule is CC1(Cc2cc3c(-c4ccc(C(C)(C)C)cc4)cccc3[cH-]2)CCCC1.CC1(Cc2cc3c(-c4ccc(C(C)(C)C)cc4)cccc3[cH-]2)CCCC1.Cl.Cl.[CH3-].[CH3-].[Si]=[Zr]. The second-order valence-corrected chi connectivity index (χ2v) is 19.4. The number of benzene rings is 4. The minimum absolute atomic E-state index is 0. The Kier molecular flexibility index (Phi) is 19.3. The van der Waals surface area contributed by atoms with Crippen molar-refractivity contribution in [3.8, 4) is 22.3 Å². The molecule has 0 amide bonds. The van der Waals surface area contributed by atoms with Crippen molar-refractivity contribution in [3.63, 3.8) is 0 Å². The molecular weight excluding hydrogens is 839 g/mol. The second-order valence-electron chi connectivity index (χ2n) is 19.4. The summed E-state index contributed by atoms with van der Waals surface area (Å²) in [5.41, 5.74) is 12.6. The summed E-state index contributed by atoms with van der Waals surface area (Å²) < 4.78 is 0. The van der Waals surface area contributed by atoms with E-state index in [0.29, 0.717) is 10.8 Å². The van der Waals surface area contributed by atoms with Gasteiger partial charge < -0.3 is 14.9 Å². The van der Waals surface area contributed by atoms with Crippen molar-refractivity contribution in [2.24, 2.45) is 10.8 Å². The molecule has 2 radical (unpaired) electrons. The van der Waals surface area contributed by atoms with Crippen molar-refractivity contribution < 1.29 is 23.3 Å². The number of hydrogen-bond donors (Lipinski definition) is 0. The molecule has 2 saturated carbocycles. The van der Waals surface area contributed by atoms with E-state index in [1.807, 2.05) is 0 Å². The van der Waals surface area contributed by atoms with Crippen molar-refractivity contribution >= 4 is 53.2 Å². The standard InChI is InChI=1S/2C26H31.2CH3.2ClH.Si.Zr/c2*1-25(2,3)22-12-10-20(11-13-22)23-9-7-8-21-16-19(17-24(21)23)18-26(4)14-5-6-15-26;;;;;;/h2*7-13,16-17H,5-6,14-15,18H2,1-4H3;2*1H3;2*1H;;/q4*-1;;;;. The predicted molar refractivity (Wildman–Crippen MR) is 261 cm³/mol. The zero-order valence-electron chi connectivity index (χ0n) is 37.3. The molecule has 0 nitrogen and oxygen atoms in total. The van der Waals surface area contributed by atoms with E-state index in [1.54, 1.807) is 0 Å². The van der Waals surface area contributed by atoms with Gasteiger partial charge in [0, 0.05) is 0 Å². The zero-order chi connectivity index (χ0) is 38.7. The zero-order valence-corrected chi connectivity index (χ0v) is 42.4. The Morgan fingerprint density at radius 1 is 0.517 bits per heavy atom. The third-order valence-corrected chi connectivity index (χ3v) is 12.6. The summed E-state index contributed by atoms with van der Waals surface area (Å²) in [6, 6.07) is 41.6. The normalized spacial score (nSPS) is 15.4. The molecule has 6 aromatic carbocycles. The number of fused-ring (bicyclic) bond motifs is 2. The summed E-state index contributed by atoms with van der Waals surface area (Å²) in [5.74, 6) is 0. The van der Waals surface area contributed by atoms with Crippen LogP contribution >= 0.6 is 24.8 Å². The average Bonchev–Trinajstić information content (AvgIpc) is 3.95. The molecule has 0 spiro atoms. The van der Waals surface area contributed by atoms with Crippen LogP contribution in [0.2, 0.25) is 0 Å². The van der Waals surface area contributed by atoms with Crippen LogP contribution in [0, 0.1) is 25.7 Å². The number of rotatable bonds is 6. The van der Waals surface area contributed by atoms with Crippen molar-refractivity contribution in [1.82, 2.24) is 0 Å². The van der Waals surface area contributed by atoms with Crippen LogP contribution < -0.4 is 0 Å². The van der Waals surface area contributed by atoms with E-state index in [4.69, 9.17) is 0 Å². The van der Waals surface area contributed by atoms with Crippen LogP contribution in [-0.4, -0.2) is 6.88 Å². The Morgan fingerprint density at radius 3 is 1.12 bits per heavy atom. The molecule has 312 valence electrons. The molecule has 0 saturated heterocycles. The van der Waals surface area contributed by atoms with Crippen LogP contribution in [0.15, 0.2) is 109 Å². The molecule has 4 heteroatoms. The Hall–Kier alpha value is -2.22. The van der Waals surface area contributed by atoms with Gasteiger partial charge in [-0.25, -0.2) is 0 Å². The van der Waals surface area contributed by atoms with Crippen LogP contribution in [0.4, 0.5) is 0 Å². The molecule has 0 unspecified atom stereocenters. The summed E-state index contributed by atoms with van der Waals surface area (Å²) in [5, 5.41) is 5.60. The monoisotopic (exact) mass is 906 g/mol. The first-order chi connectivity index (χ1) is 25.7. The van der Waals surface area contributed by atoms with E-state index in [1.165, 1.54) is 154 Å². The first-order valence-corrected chi connectivity index (χ1v) is 24.7. The van der Waals surface area contributed by atoms with E-state index in [0.717, 1.165) is 0 Å². The van der Waals surface area contributed by atoms with E-state index in [9.17, 15) is 0 Å². The quantitative estimate of drug-likeness (QED) is 0.115. The molecule has 0 aliphatic heterocycles. The van der Waals surface area contributed by atoms with Crippen LogP contribution in [0.25, 0.3) is 43.8 Å². The maximum absolute atomic E-state index is 3.06. The molecule has 6 aromatic rings. The summed E-state index contributed by atoms with van der Waals surface area (Å²) in [4.78, 5) is 0. The Labute approximate surface area is 383 Å². The first-order valence-electron chi connectivity index (χ1n) is 20.5.